The van der Waals surface area contributed by atoms with E-state index in [1.54, 1.807) is 23.4 Å². The van der Waals surface area contributed by atoms with Gasteiger partial charge >= 0.3 is 0 Å². The summed E-state index contributed by atoms with van der Waals surface area (Å²) in [7, 11) is 1.66. The Hall–Kier alpha value is -2.31. The van der Waals surface area contributed by atoms with E-state index in [9.17, 15) is 4.79 Å². The Labute approximate surface area is 162 Å². The lowest BCUT2D eigenvalue weighted by molar-refractivity contribution is 0.0937. The molecule has 0 unspecified atom stereocenters. The molecule has 5 nitrogen and oxygen atoms in total. The van der Waals surface area contributed by atoms with Crippen molar-refractivity contribution in [1.29, 1.82) is 0 Å². The van der Waals surface area contributed by atoms with Gasteiger partial charge in [-0.25, -0.2) is 4.98 Å². The fourth-order valence-electron chi connectivity index (χ4n) is 3.28. The molecule has 1 saturated heterocycles. The van der Waals surface area contributed by atoms with Crippen LogP contribution in [0.2, 0.25) is 0 Å². The van der Waals surface area contributed by atoms with E-state index in [0.29, 0.717) is 11.9 Å². The molecule has 4 rings (SSSR count). The van der Waals surface area contributed by atoms with E-state index in [1.807, 2.05) is 48.5 Å². The number of hydrogen-bond acceptors (Lipinski definition) is 5. The Morgan fingerprint density at radius 1 is 1.22 bits per heavy atom. The van der Waals surface area contributed by atoms with Crippen LogP contribution < -0.4 is 10.3 Å². The number of ether oxygens (including phenoxy) is 2. The minimum atomic E-state index is 0.00771. The van der Waals surface area contributed by atoms with Crippen LogP contribution in [0.1, 0.15) is 18.4 Å². The number of methoxy groups -OCH3 is 1. The number of fused-ring (bicyclic) bond motifs is 1. The quantitative estimate of drug-likeness (QED) is 0.478. The minimum absolute atomic E-state index is 0.00771. The Balaban J connectivity index is 1.65. The van der Waals surface area contributed by atoms with Crippen LogP contribution in [0.5, 0.6) is 5.75 Å². The van der Waals surface area contributed by atoms with Gasteiger partial charge in [-0.3, -0.25) is 9.36 Å². The Morgan fingerprint density at radius 2 is 2.04 bits per heavy atom. The maximum Gasteiger partial charge on any atom is 0.262 e. The second-order valence-electron chi connectivity index (χ2n) is 6.60. The van der Waals surface area contributed by atoms with Crippen LogP contribution in [0, 0.1) is 0 Å². The van der Waals surface area contributed by atoms with Crippen molar-refractivity contribution in [2.24, 2.45) is 0 Å². The highest BCUT2D eigenvalue weighted by Crippen LogP contribution is 2.25. The van der Waals surface area contributed by atoms with Gasteiger partial charge in [0.15, 0.2) is 5.16 Å². The van der Waals surface area contributed by atoms with Crippen molar-refractivity contribution in [2.45, 2.75) is 36.4 Å². The minimum Gasteiger partial charge on any atom is -0.497 e. The topological polar surface area (TPSA) is 53.3 Å². The first-order chi connectivity index (χ1) is 13.2. The third-order valence-electron chi connectivity index (χ3n) is 4.76. The molecule has 0 aliphatic carbocycles. The number of nitrogens with zero attached hydrogens (tertiary/aromatic N) is 2. The molecule has 0 saturated carbocycles. The molecule has 1 atom stereocenters. The summed E-state index contributed by atoms with van der Waals surface area (Å²) in [4.78, 5) is 17.8. The third-order valence-corrected chi connectivity index (χ3v) is 5.81. The molecule has 1 aliphatic heterocycles. The molecular weight excluding hydrogens is 360 g/mol. The average Bonchev–Trinajstić information content (AvgIpc) is 3.22. The van der Waals surface area contributed by atoms with E-state index in [1.165, 1.54) is 0 Å². The summed E-state index contributed by atoms with van der Waals surface area (Å²) >= 11 is 1.58. The van der Waals surface area contributed by atoms with Gasteiger partial charge in [-0.1, -0.05) is 36.0 Å². The molecule has 0 amide bonds. The highest BCUT2D eigenvalue weighted by molar-refractivity contribution is 7.98. The summed E-state index contributed by atoms with van der Waals surface area (Å²) in [5, 5.41) is 1.40. The smallest absolute Gasteiger partial charge is 0.262 e. The highest BCUT2D eigenvalue weighted by atomic mass is 32.2. The Morgan fingerprint density at radius 3 is 2.78 bits per heavy atom. The monoisotopic (exact) mass is 382 g/mol. The zero-order valence-electron chi connectivity index (χ0n) is 15.3. The second-order valence-corrected chi connectivity index (χ2v) is 7.54. The summed E-state index contributed by atoms with van der Waals surface area (Å²) in [6.07, 6.45) is 2.13. The van der Waals surface area contributed by atoms with Crippen LogP contribution in [0.25, 0.3) is 10.9 Å². The van der Waals surface area contributed by atoms with Crippen LogP contribution in [0.15, 0.2) is 58.5 Å². The molecule has 1 aromatic heterocycles. The van der Waals surface area contributed by atoms with Crippen LogP contribution in [0.4, 0.5) is 0 Å². The lowest BCUT2D eigenvalue weighted by atomic mass is 10.2. The molecule has 3 aromatic rings. The molecule has 0 N–H and O–H groups in total. The molecule has 140 valence electrons. The first-order valence-electron chi connectivity index (χ1n) is 9.11. The number of benzene rings is 2. The van der Waals surface area contributed by atoms with Gasteiger partial charge in [-0.15, -0.1) is 0 Å². The predicted octanol–water partition coefficient (Wildman–Crippen LogP) is 3.88. The van der Waals surface area contributed by atoms with E-state index in [0.717, 1.165) is 47.2 Å². The van der Waals surface area contributed by atoms with Crippen LogP contribution in [-0.4, -0.2) is 29.4 Å². The van der Waals surface area contributed by atoms with E-state index >= 15 is 0 Å². The molecular formula is C21H22N2O3S. The molecule has 1 aliphatic rings. The van der Waals surface area contributed by atoms with Gasteiger partial charge in [0.05, 0.1) is 30.7 Å². The van der Waals surface area contributed by atoms with Crippen LogP contribution >= 0.6 is 11.8 Å². The van der Waals surface area contributed by atoms with Gasteiger partial charge in [0.1, 0.15) is 5.75 Å². The fraction of sp³-hybridized carbons (Fsp3) is 0.333. The van der Waals surface area contributed by atoms with Crippen molar-refractivity contribution in [3.05, 3.63) is 64.4 Å². The van der Waals surface area contributed by atoms with Gasteiger partial charge in [0, 0.05) is 12.4 Å². The van der Waals surface area contributed by atoms with E-state index in [4.69, 9.17) is 14.5 Å². The predicted molar refractivity (Wildman–Crippen MR) is 108 cm³/mol. The number of hydrogen-bond donors (Lipinski definition) is 0. The molecule has 2 heterocycles. The zero-order chi connectivity index (χ0) is 18.6. The van der Waals surface area contributed by atoms with Crippen molar-refractivity contribution in [3.8, 4) is 5.75 Å². The summed E-state index contributed by atoms with van der Waals surface area (Å²) in [5.74, 6) is 1.57. The molecule has 0 spiro atoms. The highest BCUT2D eigenvalue weighted by Gasteiger charge is 2.20. The van der Waals surface area contributed by atoms with Crippen LogP contribution in [-0.2, 0) is 17.0 Å². The fourth-order valence-corrected chi connectivity index (χ4v) is 4.24. The first-order valence-corrected chi connectivity index (χ1v) is 10.1. The lowest BCUT2D eigenvalue weighted by Gasteiger charge is -2.16. The summed E-state index contributed by atoms with van der Waals surface area (Å²) < 4.78 is 12.8. The summed E-state index contributed by atoms with van der Waals surface area (Å²) in [6.45, 7) is 1.33. The third kappa shape index (κ3) is 4.01. The zero-order valence-corrected chi connectivity index (χ0v) is 16.1. The van der Waals surface area contributed by atoms with Crippen molar-refractivity contribution >= 4 is 22.7 Å². The van der Waals surface area contributed by atoms with E-state index in [-0.39, 0.29) is 11.7 Å². The number of para-hydroxylation sites is 1. The van der Waals surface area contributed by atoms with Gasteiger partial charge in [-0.05, 0) is 42.7 Å². The molecule has 1 fully saturated rings. The Bertz CT molecular complexity index is 979. The number of rotatable bonds is 6. The molecule has 0 radical (unpaired) electrons. The first kappa shape index (κ1) is 18.1. The van der Waals surface area contributed by atoms with Gasteiger partial charge in [0.25, 0.3) is 5.56 Å². The second kappa shape index (κ2) is 8.15. The largest absolute Gasteiger partial charge is 0.497 e. The standard InChI is InChI=1S/C21H22N2O3S/c1-25-16-10-8-15(9-11-16)14-27-21-22-19-7-3-2-6-18(19)20(24)23(21)13-17-5-4-12-26-17/h2-3,6-11,17H,4-5,12-14H2,1H3/t17-/m1/s1. The number of thioether (sulfide) groups is 1. The maximum absolute atomic E-state index is 13.1. The van der Waals surface area contributed by atoms with E-state index < -0.39 is 0 Å². The molecule has 0 bridgehead atoms. The molecule has 27 heavy (non-hydrogen) atoms. The maximum atomic E-state index is 13.1. The number of aromatic nitrogens is 2. The molecule has 6 heteroatoms. The average molecular weight is 382 g/mol. The van der Waals surface area contributed by atoms with Gasteiger partial charge in [-0.2, -0.15) is 0 Å². The van der Waals surface area contributed by atoms with Crippen LogP contribution in [0.3, 0.4) is 0 Å². The summed E-state index contributed by atoms with van der Waals surface area (Å²) in [6, 6.07) is 15.5. The van der Waals surface area contributed by atoms with Crippen molar-refractivity contribution < 1.29 is 9.47 Å². The van der Waals surface area contributed by atoms with Gasteiger partial charge < -0.3 is 9.47 Å². The SMILES string of the molecule is COc1ccc(CSc2nc3ccccc3c(=O)n2C[C@H]2CCCO2)cc1. The van der Waals surface area contributed by atoms with E-state index in [2.05, 4.69) is 0 Å². The molecule has 2 aromatic carbocycles. The lowest BCUT2D eigenvalue weighted by Crippen LogP contribution is -2.28. The van der Waals surface area contributed by atoms with Crippen molar-refractivity contribution in [1.82, 2.24) is 9.55 Å². The Kier molecular flexibility index (Phi) is 5.45. The van der Waals surface area contributed by atoms with Crippen molar-refractivity contribution in [2.75, 3.05) is 13.7 Å². The van der Waals surface area contributed by atoms with Crippen molar-refractivity contribution in [3.63, 3.8) is 0 Å². The van der Waals surface area contributed by atoms with Gasteiger partial charge in [0.2, 0.25) is 0 Å². The summed E-state index contributed by atoms with van der Waals surface area (Å²) in [5.41, 5.74) is 1.91. The normalized spacial score (nSPS) is 16.7.